The van der Waals surface area contributed by atoms with Crippen molar-refractivity contribution < 1.29 is 4.79 Å². The molecule has 0 radical (unpaired) electrons. The zero-order valence-corrected chi connectivity index (χ0v) is 11.3. The predicted molar refractivity (Wildman–Crippen MR) is 74.4 cm³/mol. The summed E-state index contributed by atoms with van der Waals surface area (Å²) in [6, 6.07) is 6.30. The second kappa shape index (κ2) is 4.53. The van der Waals surface area contributed by atoms with Crippen LogP contribution in [0.1, 0.15) is 27.9 Å². The van der Waals surface area contributed by atoms with E-state index in [0.29, 0.717) is 5.56 Å². The topological polar surface area (TPSA) is 38.1 Å². The average molecular weight is 255 g/mol. The molecule has 4 nitrogen and oxygen atoms in total. The van der Waals surface area contributed by atoms with Gasteiger partial charge >= 0.3 is 0 Å². The standard InChI is InChI=1S/C15H17N3O/c1-11-5-6-14-12(8-11)4-3-7-18(14)15(19)13-9-16-17(2)10-13/h5-6,8-10H,3-4,7H2,1-2H3. The van der Waals surface area contributed by atoms with Crippen molar-refractivity contribution in [1.29, 1.82) is 0 Å². The number of hydrogen-bond acceptors (Lipinski definition) is 2. The number of benzene rings is 1. The molecule has 1 aliphatic heterocycles. The number of aromatic nitrogens is 2. The van der Waals surface area contributed by atoms with Crippen LogP contribution in [0.2, 0.25) is 0 Å². The lowest BCUT2D eigenvalue weighted by Crippen LogP contribution is -2.35. The van der Waals surface area contributed by atoms with Gasteiger partial charge in [0.2, 0.25) is 0 Å². The first-order valence-electron chi connectivity index (χ1n) is 6.55. The Labute approximate surface area is 112 Å². The fourth-order valence-corrected chi connectivity index (χ4v) is 2.62. The van der Waals surface area contributed by atoms with E-state index in [1.54, 1.807) is 17.1 Å². The van der Waals surface area contributed by atoms with E-state index in [4.69, 9.17) is 0 Å². The Morgan fingerprint density at radius 1 is 1.37 bits per heavy atom. The molecule has 0 atom stereocenters. The highest BCUT2D eigenvalue weighted by Crippen LogP contribution is 2.29. The van der Waals surface area contributed by atoms with Gasteiger partial charge in [0.25, 0.3) is 5.91 Å². The quantitative estimate of drug-likeness (QED) is 0.784. The summed E-state index contributed by atoms with van der Waals surface area (Å²) >= 11 is 0. The summed E-state index contributed by atoms with van der Waals surface area (Å²) in [4.78, 5) is 14.4. The van der Waals surface area contributed by atoms with Gasteiger partial charge in [-0.15, -0.1) is 0 Å². The zero-order chi connectivity index (χ0) is 13.4. The van der Waals surface area contributed by atoms with Crippen molar-refractivity contribution in [2.75, 3.05) is 11.4 Å². The molecule has 0 N–H and O–H groups in total. The van der Waals surface area contributed by atoms with Crippen LogP contribution in [0.15, 0.2) is 30.6 Å². The van der Waals surface area contributed by atoms with Gasteiger partial charge in [-0.1, -0.05) is 17.7 Å². The van der Waals surface area contributed by atoms with E-state index in [9.17, 15) is 4.79 Å². The minimum atomic E-state index is 0.0397. The first-order chi connectivity index (χ1) is 9.15. The Balaban J connectivity index is 1.97. The Morgan fingerprint density at radius 2 is 2.21 bits per heavy atom. The van der Waals surface area contributed by atoms with Crippen molar-refractivity contribution in [3.63, 3.8) is 0 Å². The van der Waals surface area contributed by atoms with Crippen molar-refractivity contribution in [2.45, 2.75) is 19.8 Å². The van der Waals surface area contributed by atoms with Gasteiger partial charge in [0.05, 0.1) is 11.8 Å². The predicted octanol–water partition coefficient (Wildman–Crippen LogP) is 2.32. The lowest BCUT2D eigenvalue weighted by molar-refractivity contribution is 0.0985. The number of aryl methyl sites for hydroxylation is 3. The third kappa shape index (κ3) is 2.14. The smallest absolute Gasteiger partial charge is 0.261 e. The second-order valence-electron chi connectivity index (χ2n) is 5.10. The first-order valence-corrected chi connectivity index (χ1v) is 6.55. The third-order valence-corrected chi connectivity index (χ3v) is 3.55. The van der Waals surface area contributed by atoms with Gasteiger partial charge in [0, 0.05) is 25.5 Å². The summed E-state index contributed by atoms with van der Waals surface area (Å²) in [5.74, 6) is 0.0397. The second-order valence-corrected chi connectivity index (χ2v) is 5.10. The van der Waals surface area contributed by atoms with E-state index >= 15 is 0 Å². The molecule has 1 aromatic heterocycles. The number of rotatable bonds is 1. The minimum absolute atomic E-state index is 0.0397. The molecule has 0 saturated heterocycles. The van der Waals surface area contributed by atoms with E-state index in [1.165, 1.54) is 11.1 Å². The highest BCUT2D eigenvalue weighted by atomic mass is 16.2. The number of carbonyl (C=O) groups is 1. The van der Waals surface area contributed by atoms with Gasteiger partial charge in [-0.25, -0.2) is 0 Å². The molecule has 0 bridgehead atoms. The number of fused-ring (bicyclic) bond motifs is 1. The molecule has 1 amide bonds. The maximum atomic E-state index is 12.5. The maximum Gasteiger partial charge on any atom is 0.261 e. The molecule has 1 aliphatic rings. The van der Waals surface area contributed by atoms with Gasteiger partial charge in [0.15, 0.2) is 0 Å². The molecular weight excluding hydrogens is 238 g/mol. The van der Waals surface area contributed by atoms with E-state index in [1.807, 2.05) is 11.9 Å². The summed E-state index contributed by atoms with van der Waals surface area (Å²) in [5.41, 5.74) is 4.21. The van der Waals surface area contributed by atoms with E-state index in [-0.39, 0.29) is 5.91 Å². The molecule has 1 aromatic carbocycles. The van der Waals surface area contributed by atoms with Gasteiger partial charge < -0.3 is 4.90 Å². The monoisotopic (exact) mass is 255 g/mol. The van der Waals surface area contributed by atoms with Crippen LogP contribution in [0, 0.1) is 6.92 Å². The molecule has 19 heavy (non-hydrogen) atoms. The zero-order valence-electron chi connectivity index (χ0n) is 11.3. The van der Waals surface area contributed by atoms with Gasteiger partial charge in [-0.05, 0) is 31.4 Å². The molecule has 4 heteroatoms. The fraction of sp³-hybridized carbons (Fsp3) is 0.333. The van der Waals surface area contributed by atoms with Gasteiger partial charge in [-0.2, -0.15) is 5.10 Å². The Kier molecular flexibility index (Phi) is 2.85. The van der Waals surface area contributed by atoms with Crippen LogP contribution < -0.4 is 4.90 Å². The minimum Gasteiger partial charge on any atom is -0.308 e. The SMILES string of the molecule is Cc1ccc2c(c1)CCCN2C(=O)c1cnn(C)c1. The summed E-state index contributed by atoms with van der Waals surface area (Å²) in [6.07, 6.45) is 5.46. The number of anilines is 1. The molecule has 0 unspecified atom stereocenters. The van der Waals surface area contributed by atoms with Crippen LogP contribution in [0.4, 0.5) is 5.69 Å². The molecular formula is C15H17N3O. The summed E-state index contributed by atoms with van der Waals surface area (Å²) < 4.78 is 1.66. The Morgan fingerprint density at radius 3 is 2.95 bits per heavy atom. The normalized spacial score (nSPS) is 14.3. The number of hydrogen-bond donors (Lipinski definition) is 0. The van der Waals surface area contributed by atoms with Gasteiger partial charge in [0.1, 0.15) is 0 Å². The molecule has 0 spiro atoms. The van der Waals surface area contributed by atoms with Gasteiger partial charge in [-0.3, -0.25) is 9.48 Å². The molecule has 2 heterocycles. The van der Waals surface area contributed by atoms with Crippen LogP contribution in [-0.4, -0.2) is 22.2 Å². The van der Waals surface area contributed by atoms with Crippen molar-refractivity contribution in [1.82, 2.24) is 9.78 Å². The van der Waals surface area contributed by atoms with E-state index in [2.05, 4.69) is 30.2 Å². The Hall–Kier alpha value is -2.10. The fourth-order valence-electron chi connectivity index (χ4n) is 2.62. The van der Waals surface area contributed by atoms with E-state index in [0.717, 1.165) is 25.1 Å². The third-order valence-electron chi connectivity index (χ3n) is 3.55. The molecule has 0 fully saturated rings. The van der Waals surface area contributed by atoms with E-state index < -0.39 is 0 Å². The van der Waals surface area contributed by atoms with Crippen molar-refractivity contribution in [3.05, 3.63) is 47.3 Å². The van der Waals surface area contributed by atoms with Crippen molar-refractivity contribution in [2.24, 2.45) is 7.05 Å². The van der Waals surface area contributed by atoms with Crippen LogP contribution in [0.25, 0.3) is 0 Å². The molecule has 3 rings (SSSR count). The van der Waals surface area contributed by atoms with Crippen molar-refractivity contribution in [3.8, 4) is 0 Å². The average Bonchev–Trinajstić information content (AvgIpc) is 2.83. The lowest BCUT2D eigenvalue weighted by atomic mass is 9.99. The number of carbonyl (C=O) groups excluding carboxylic acids is 1. The highest BCUT2D eigenvalue weighted by Gasteiger charge is 2.24. The van der Waals surface area contributed by atoms with Crippen LogP contribution in [0.3, 0.4) is 0 Å². The highest BCUT2D eigenvalue weighted by molar-refractivity contribution is 6.06. The van der Waals surface area contributed by atoms with Crippen LogP contribution >= 0.6 is 0 Å². The number of nitrogens with zero attached hydrogens (tertiary/aromatic N) is 3. The molecule has 2 aromatic rings. The lowest BCUT2D eigenvalue weighted by Gasteiger charge is -2.29. The van der Waals surface area contributed by atoms with Crippen LogP contribution in [0.5, 0.6) is 0 Å². The maximum absolute atomic E-state index is 12.5. The molecule has 0 saturated carbocycles. The summed E-state index contributed by atoms with van der Waals surface area (Å²) in [7, 11) is 1.82. The Bertz CT molecular complexity index is 630. The largest absolute Gasteiger partial charge is 0.308 e. The summed E-state index contributed by atoms with van der Waals surface area (Å²) in [6.45, 7) is 2.87. The molecule has 0 aliphatic carbocycles. The first kappa shape index (κ1) is 12.0. The summed E-state index contributed by atoms with van der Waals surface area (Å²) in [5, 5.41) is 4.07. The van der Waals surface area contributed by atoms with Crippen LogP contribution in [-0.2, 0) is 13.5 Å². The number of amides is 1. The van der Waals surface area contributed by atoms with Crippen molar-refractivity contribution >= 4 is 11.6 Å². The molecule has 98 valence electrons.